The molecular weight excluding hydrogens is 354 g/mol. The number of benzene rings is 2. The van der Waals surface area contributed by atoms with Crippen molar-refractivity contribution in [2.75, 3.05) is 31.4 Å². The van der Waals surface area contributed by atoms with Crippen LogP contribution in [0, 0.1) is 5.92 Å². The van der Waals surface area contributed by atoms with E-state index in [4.69, 9.17) is 9.47 Å². The first-order valence-electron chi connectivity index (χ1n) is 9.64. The van der Waals surface area contributed by atoms with E-state index in [0.717, 1.165) is 24.1 Å². The number of methoxy groups -OCH3 is 1. The fraction of sp³-hybridized carbons (Fsp3) is 0.409. The number of rotatable bonds is 10. The van der Waals surface area contributed by atoms with Crippen LogP contribution in [0.15, 0.2) is 42.5 Å². The van der Waals surface area contributed by atoms with Gasteiger partial charge in [-0.05, 0) is 48.6 Å². The van der Waals surface area contributed by atoms with Crippen molar-refractivity contribution in [1.82, 2.24) is 5.32 Å². The molecule has 0 heterocycles. The van der Waals surface area contributed by atoms with Gasteiger partial charge in [-0.25, -0.2) is 4.79 Å². The standard InChI is InChI=1S/C22H31N3O3/c1-16(2)6-5-13-28-21-14-19(11-12-20(21)27-4)25-22(26)24-15-17-7-9-18(23-3)10-8-17/h7-12,14,16,23H,5-6,13,15H2,1-4H3,(H2,24,25,26). The van der Waals surface area contributed by atoms with E-state index in [2.05, 4.69) is 29.8 Å². The Morgan fingerprint density at radius 3 is 2.39 bits per heavy atom. The molecule has 152 valence electrons. The van der Waals surface area contributed by atoms with E-state index in [1.165, 1.54) is 0 Å². The second-order valence-corrected chi connectivity index (χ2v) is 7.00. The van der Waals surface area contributed by atoms with Gasteiger partial charge in [0.1, 0.15) is 0 Å². The Balaban J connectivity index is 1.88. The largest absolute Gasteiger partial charge is 0.493 e. The third-order valence-electron chi connectivity index (χ3n) is 4.30. The molecule has 0 saturated carbocycles. The number of anilines is 2. The molecule has 0 fully saturated rings. The van der Waals surface area contributed by atoms with Crippen LogP contribution in [0.4, 0.5) is 16.2 Å². The molecule has 2 amide bonds. The van der Waals surface area contributed by atoms with E-state index < -0.39 is 0 Å². The van der Waals surface area contributed by atoms with Gasteiger partial charge in [0.2, 0.25) is 0 Å². The molecule has 0 atom stereocenters. The molecule has 0 bridgehead atoms. The fourth-order valence-corrected chi connectivity index (χ4v) is 2.69. The van der Waals surface area contributed by atoms with Crippen LogP contribution in [-0.4, -0.2) is 26.8 Å². The van der Waals surface area contributed by atoms with E-state index in [-0.39, 0.29) is 6.03 Å². The van der Waals surface area contributed by atoms with E-state index in [1.54, 1.807) is 25.3 Å². The summed E-state index contributed by atoms with van der Waals surface area (Å²) in [5, 5.41) is 8.76. The monoisotopic (exact) mass is 385 g/mol. The van der Waals surface area contributed by atoms with Crippen LogP contribution < -0.4 is 25.4 Å². The lowest BCUT2D eigenvalue weighted by atomic mass is 10.1. The number of amides is 2. The highest BCUT2D eigenvalue weighted by molar-refractivity contribution is 5.89. The molecule has 28 heavy (non-hydrogen) atoms. The highest BCUT2D eigenvalue weighted by atomic mass is 16.5. The first-order chi connectivity index (χ1) is 13.5. The van der Waals surface area contributed by atoms with Crippen molar-refractivity contribution in [3.8, 4) is 11.5 Å². The maximum absolute atomic E-state index is 12.2. The first-order valence-corrected chi connectivity index (χ1v) is 9.64. The van der Waals surface area contributed by atoms with E-state index in [0.29, 0.717) is 36.3 Å². The zero-order chi connectivity index (χ0) is 20.4. The van der Waals surface area contributed by atoms with Gasteiger partial charge >= 0.3 is 6.03 Å². The fourth-order valence-electron chi connectivity index (χ4n) is 2.69. The maximum Gasteiger partial charge on any atom is 0.319 e. The van der Waals surface area contributed by atoms with Gasteiger partial charge in [-0.3, -0.25) is 0 Å². The Morgan fingerprint density at radius 1 is 1.04 bits per heavy atom. The van der Waals surface area contributed by atoms with Crippen LogP contribution >= 0.6 is 0 Å². The van der Waals surface area contributed by atoms with Crippen LogP contribution in [0.25, 0.3) is 0 Å². The number of carbonyl (C=O) groups is 1. The van der Waals surface area contributed by atoms with Crippen molar-refractivity contribution in [3.63, 3.8) is 0 Å². The van der Waals surface area contributed by atoms with Gasteiger partial charge < -0.3 is 25.4 Å². The van der Waals surface area contributed by atoms with Gasteiger partial charge in [-0.2, -0.15) is 0 Å². The normalized spacial score (nSPS) is 10.5. The highest BCUT2D eigenvalue weighted by Crippen LogP contribution is 2.30. The zero-order valence-electron chi connectivity index (χ0n) is 17.2. The van der Waals surface area contributed by atoms with Crippen molar-refractivity contribution in [1.29, 1.82) is 0 Å². The molecule has 0 aliphatic heterocycles. The molecule has 3 N–H and O–H groups in total. The van der Waals surface area contributed by atoms with E-state index in [1.807, 2.05) is 31.3 Å². The summed E-state index contributed by atoms with van der Waals surface area (Å²) in [5.74, 6) is 1.93. The molecule has 0 unspecified atom stereocenters. The molecule has 6 heteroatoms. The zero-order valence-corrected chi connectivity index (χ0v) is 17.2. The molecule has 6 nitrogen and oxygen atoms in total. The number of ether oxygens (including phenoxy) is 2. The summed E-state index contributed by atoms with van der Waals surface area (Å²) in [6.07, 6.45) is 2.09. The van der Waals surface area contributed by atoms with Crippen molar-refractivity contribution in [2.45, 2.75) is 33.2 Å². The summed E-state index contributed by atoms with van der Waals surface area (Å²) in [7, 11) is 3.48. The second-order valence-electron chi connectivity index (χ2n) is 7.00. The molecular formula is C22H31N3O3. The first kappa shape index (κ1) is 21.4. The molecule has 0 aliphatic carbocycles. The number of hydrogen-bond donors (Lipinski definition) is 3. The van der Waals surface area contributed by atoms with Crippen molar-refractivity contribution in [2.24, 2.45) is 5.92 Å². The summed E-state index contributed by atoms with van der Waals surface area (Å²) >= 11 is 0. The summed E-state index contributed by atoms with van der Waals surface area (Å²) in [4.78, 5) is 12.2. The smallest absolute Gasteiger partial charge is 0.319 e. The lowest BCUT2D eigenvalue weighted by Gasteiger charge is -2.14. The van der Waals surface area contributed by atoms with Gasteiger partial charge in [0, 0.05) is 31.0 Å². The van der Waals surface area contributed by atoms with E-state index in [9.17, 15) is 4.79 Å². The third-order valence-corrected chi connectivity index (χ3v) is 4.30. The van der Waals surface area contributed by atoms with Gasteiger partial charge in [-0.1, -0.05) is 26.0 Å². The quantitative estimate of drug-likeness (QED) is 0.510. The van der Waals surface area contributed by atoms with E-state index >= 15 is 0 Å². The Labute approximate surface area is 167 Å². The van der Waals surface area contributed by atoms with Crippen molar-refractivity contribution in [3.05, 3.63) is 48.0 Å². The molecule has 0 aliphatic rings. The summed E-state index contributed by atoms with van der Waals surface area (Å²) in [6, 6.07) is 13.0. The van der Waals surface area contributed by atoms with Crippen LogP contribution in [-0.2, 0) is 6.54 Å². The molecule has 0 spiro atoms. The average molecular weight is 386 g/mol. The predicted octanol–water partition coefficient (Wildman–Crippen LogP) is 4.87. The molecule has 2 aromatic carbocycles. The molecule has 0 aromatic heterocycles. The van der Waals surface area contributed by atoms with Gasteiger partial charge in [0.15, 0.2) is 11.5 Å². The summed E-state index contributed by atoms with van der Waals surface area (Å²) < 4.78 is 11.2. The third kappa shape index (κ3) is 7.02. The molecule has 0 saturated heterocycles. The Kier molecular flexibility index (Phi) is 8.46. The second kappa shape index (κ2) is 11.1. The minimum Gasteiger partial charge on any atom is -0.493 e. The number of hydrogen-bond acceptors (Lipinski definition) is 4. The topological polar surface area (TPSA) is 71.6 Å². The minimum atomic E-state index is -0.270. The minimum absolute atomic E-state index is 0.270. The van der Waals surface area contributed by atoms with Crippen LogP contribution in [0.3, 0.4) is 0 Å². The average Bonchev–Trinajstić information content (AvgIpc) is 2.70. The van der Waals surface area contributed by atoms with Gasteiger partial charge in [0.25, 0.3) is 0 Å². The van der Waals surface area contributed by atoms with Gasteiger partial charge in [0.05, 0.1) is 13.7 Å². The van der Waals surface area contributed by atoms with Crippen LogP contribution in [0.5, 0.6) is 11.5 Å². The Bertz CT molecular complexity index is 745. The SMILES string of the molecule is CNc1ccc(CNC(=O)Nc2ccc(OC)c(OCCCC(C)C)c2)cc1. The van der Waals surface area contributed by atoms with Crippen molar-refractivity contribution >= 4 is 17.4 Å². The Morgan fingerprint density at radius 2 is 1.75 bits per heavy atom. The predicted molar refractivity (Wildman–Crippen MR) is 114 cm³/mol. The maximum atomic E-state index is 12.2. The number of urea groups is 1. The van der Waals surface area contributed by atoms with Crippen molar-refractivity contribution < 1.29 is 14.3 Å². The lowest BCUT2D eigenvalue weighted by Crippen LogP contribution is -2.28. The number of carbonyl (C=O) groups excluding carboxylic acids is 1. The van der Waals surface area contributed by atoms with Crippen LogP contribution in [0.2, 0.25) is 0 Å². The summed E-state index contributed by atoms with van der Waals surface area (Å²) in [6.45, 7) is 5.45. The van der Waals surface area contributed by atoms with Crippen LogP contribution in [0.1, 0.15) is 32.3 Å². The highest BCUT2D eigenvalue weighted by Gasteiger charge is 2.09. The number of nitrogens with one attached hydrogen (secondary N) is 3. The Hall–Kier alpha value is -2.89. The molecule has 0 radical (unpaired) electrons. The molecule has 2 aromatic rings. The molecule has 2 rings (SSSR count). The summed E-state index contributed by atoms with van der Waals surface area (Å²) in [5.41, 5.74) is 2.72. The lowest BCUT2D eigenvalue weighted by molar-refractivity contribution is 0.251. The van der Waals surface area contributed by atoms with Gasteiger partial charge in [-0.15, -0.1) is 0 Å².